The number of primary amides is 1. The van der Waals surface area contributed by atoms with Crippen molar-refractivity contribution >= 4 is 11.6 Å². The van der Waals surface area contributed by atoms with Crippen LogP contribution in [0.4, 0.5) is 10.1 Å². The minimum Gasteiger partial charge on any atom is -0.384 e. The number of nitrogens with one attached hydrogen (secondary N) is 2. The van der Waals surface area contributed by atoms with E-state index in [0.29, 0.717) is 12.2 Å². The van der Waals surface area contributed by atoms with Gasteiger partial charge in [-0.15, -0.1) is 0 Å². The predicted molar refractivity (Wildman–Crippen MR) is 71.2 cm³/mol. The van der Waals surface area contributed by atoms with Crippen molar-refractivity contribution in [2.75, 3.05) is 18.4 Å². The molecule has 0 saturated carbocycles. The van der Waals surface area contributed by atoms with Crippen molar-refractivity contribution in [1.29, 1.82) is 0 Å². The standard InChI is InChI=1S/C13H20FN3O/c1-13(2,3)17-7-6-16-9-4-5-11(14)10(8-9)12(15)18/h4-5,8,16-17H,6-7H2,1-3H3,(H2,15,18). The average molecular weight is 253 g/mol. The first kappa shape index (κ1) is 14.4. The summed E-state index contributed by atoms with van der Waals surface area (Å²) < 4.78 is 13.2. The monoisotopic (exact) mass is 253 g/mol. The van der Waals surface area contributed by atoms with Crippen molar-refractivity contribution < 1.29 is 9.18 Å². The fraction of sp³-hybridized carbons (Fsp3) is 0.462. The molecule has 0 unspecified atom stereocenters. The largest absolute Gasteiger partial charge is 0.384 e. The third kappa shape index (κ3) is 4.71. The molecular formula is C13H20FN3O. The molecule has 0 aliphatic carbocycles. The lowest BCUT2D eigenvalue weighted by Gasteiger charge is -2.20. The number of anilines is 1. The molecule has 0 saturated heterocycles. The van der Waals surface area contributed by atoms with Gasteiger partial charge in [-0.25, -0.2) is 4.39 Å². The number of hydrogen-bond donors (Lipinski definition) is 3. The van der Waals surface area contributed by atoms with E-state index >= 15 is 0 Å². The Labute approximate surface area is 107 Å². The molecule has 1 aromatic rings. The maximum absolute atomic E-state index is 13.2. The van der Waals surface area contributed by atoms with Gasteiger partial charge in [0.2, 0.25) is 0 Å². The number of hydrogen-bond acceptors (Lipinski definition) is 3. The van der Waals surface area contributed by atoms with E-state index in [1.54, 1.807) is 6.07 Å². The van der Waals surface area contributed by atoms with E-state index in [-0.39, 0.29) is 11.1 Å². The Kier molecular flexibility index (Phi) is 4.67. The first-order chi connectivity index (χ1) is 8.29. The number of amides is 1. The van der Waals surface area contributed by atoms with Gasteiger partial charge in [0, 0.05) is 24.3 Å². The summed E-state index contributed by atoms with van der Waals surface area (Å²) in [6.45, 7) is 7.69. The summed E-state index contributed by atoms with van der Waals surface area (Å²) in [5.41, 5.74) is 5.72. The molecule has 1 aromatic carbocycles. The highest BCUT2D eigenvalue weighted by atomic mass is 19.1. The van der Waals surface area contributed by atoms with E-state index in [0.717, 1.165) is 6.54 Å². The lowest BCUT2D eigenvalue weighted by Crippen LogP contribution is -2.38. The first-order valence-corrected chi connectivity index (χ1v) is 5.88. The van der Waals surface area contributed by atoms with Crippen LogP contribution < -0.4 is 16.4 Å². The number of rotatable bonds is 5. The van der Waals surface area contributed by atoms with E-state index in [1.807, 2.05) is 0 Å². The van der Waals surface area contributed by atoms with Gasteiger partial charge >= 0.3 is 0 Å². The molecule has 0 aliphatic heterocycles. The predicted octanol–water partition coefficient (Wildman–Crippen LogP) is 1.72. The summed E-state index contributed by atoms with van der Waals surface area (Å²) in [6, 6.07) is 4.24. The SMILES string of the molecule is CC(C)(C)NCCNc1ccc(F)c(C(N)=O)c1. The van der Waals surface area contributed by atoms with Gasteiger partial charge in [-0.3, -0.25) is 4.79 Å². The second-order valence-corrected chi connectivity index (χ2v) is 5.16. The maximum atomic E-state index is 13.2. The number of carbonyl (C=O) groups excluding carboxylic acids is 1. The van der Waals surface area contributed by atoms with Crippen molar-refractivity contribution in [3.8, 4) is 0 Å². The molecule has 100 valence electrons. The molecule has 4 N–H and O–H groups in total. The zero-order chi connectivity index (χ0) is 13.8. The molecule has 4 nitrogen and oxygen atoms in total. The number of benzene rings is 1. The lowest BCUT2D eigenvalue weighted by molar-refractivity contribution is 0.0996. The molecule has 0 fully saturated rings. The van der Waals surface area contributed by atoms with E-state index in [1.165, 1.54) is 12.1 Å². The summed E-state index contributed by atoms with van der Waals surface area (Å²) in [7, 11) is 0. The van der Waals surface area contributed by atoms with E-state index < -0.39 is 11.7 Å². The molecule has 0 radical (unpaired) electrons. The smallest absolute Gasteiger partial charge is 0.251 e. The Morgan fingerprint density at radius 2 is 2.00 bits per heavy atom. The van der Waals surface area contributed by atoms with Crippen LogP contribution in [-0.4, -0.2) is 24.5 Å². The van der Waals surface area contributed by atoms with Crippen LogP contribution in [0, 0.1) is 5.82 Å². The van der Waals surface area contributed by atoms with Gasteiger partial charge in [-0.05, 0) is 39.0 Å². The molecule has 0 aliphatic rings. The van der Waals surface area contributed by atoms with Crippen molar-refractivity contribution in [2.45, 2.75) is 26.3 Å². The Balaban J connectivity index is 2.53. The van der Waals surface area contributed by atoms with Crippen molar-refractivity contribution in [2.24, 2.45) is 5.73 Å². The van der Waals surface area contributed by atoms with E-state index in [9.17, 15) is 9.18 Å². The van der Waals surface area contributed by atoms with Crippen LogP contribution in [-0.2, 0) is 0 Å². The van der Waals surface area contributed by atoms with Gasteiger partial charge < -0.3 is 16.4 Å². The highest BCUT2D eigenvalue weighted by Gasteiger charge is 2.09. The topological polar surface area (TPSA) is 67.2 Å². The molecule has 0 atom stereocenters. The summed E-state index contributed by atoms with van der Waals surface area (Å²) in [4.78, 5) is 11.0. The Bertz CT molecular complexity index is 427. The molecule has 0 heterocycles. The fourth-order valence-corrected chi connectivity index (χ4v) is 1.47. The van der Waals surface area contributed by atoms with E-state index in [4.69, 9.17) is 5.73 Å². The summed E-state index contributed by atoms with van der Waals surface area (Å²) in [6.07, 6.45) is 0. The van der Waals surface area contributed by atoms with Crippen LogP contribution in [0.3, 0.4) is 0 Å². The highest BCUT2D eigenvalue weighted by molar-refractivity contribution is 5.94. The zero-order valence-electron chi connectivity index (χ0n) is 11.0. The van der Waals surface area contributed by atoms with Gasteiger partial charge in [-0.1, -0.05) is 0 Å². The Morgan fingerprint density at radius 3 is 2.56 bits per heavy atom. The molecule has 18 heavy (non-hydrogen) atoms. The summed E-state index contributed by atoms with van der Waals surface area (Å²) >= 11 is 0. The second-order valence-electron chi connectivity index (χ2n) is 5.16. The zero-order valence-corrected chi connectivity index (χ0v) is 11.0. The van der Waals surface area contributed by atoms with Gasteiger partial charge in [0.25, 0.3) is 5.91 Å². The van der Waals surface area contributed by atoms with Gasteiger partial charge in [0.05, 0.1) is 5.56 Å². The van der Waals surface area contributed by atoms with Crippen molar-refractivity contribution in [3.05, 3.63) is 29.6 Å². The fourth-order valence-electron chi connectivity index (χ4n) is 1.47. The summed E-state index contributed by atoms with van der Waals surface area (Å²) in [5, 5.41) is 6.42. The number of nitrogens with two attached hydrogens (primary N) is 1. The molecule has 5 heteroatoms. The van der Waals surface area contributed by atoms with Crippen LogP contribution >= 0.6 is 0 Å². The van der Waals surface area contributed by atoms with Crippen molar-refractivity contribution in [1.82, 2.24) is 5.32 Å². The Hall–Kier alpha value is -1.62. The lowest BCUT2D eigenvalue weighted by atomic mass is 10.1. The molecule has 0 bridgehead atoms. The second kappa shape index (κ2) is 5.82. The quantitative estimate of drug-likeness (QED) is 0.700. The normalized spacial score (nSPS) is 11.3. The van der Waals surface area contributed by atoms with Gasteiger partial charge in [0.15, 0.2) is 0 Å². The molecule has 1 rings (SSSR count). The highest BCUT2D eigenvalue weighted by Crippen LogP contribution is 2.14. The van der Waals surface area contributed by atoms with Gasteiger partial charge in [0.1, 0.15) is 5.82 Å². The summed E-state index contributed by atoms with van der Waals surface area (Å²) in [5.74, 6) is -1.36. The molecule has 0 spiro atoms. The maximum Gasteiger partial charge on any atom is 0.251 e. The first-order valence-electron chi connectivity index (χ1n) is 5.88. The van der Waals surface area contributed by atoms with Crippen LogP contribution in [0.2, 0.25) is 0 Å². The minimum absolute atomic E-state index is 0.0584. The molecule has 1 amide bonds. The third-order valence-electron chi connectivity index (χ3n) is 2.34. The molecular weight excluding hydrogens is 233 g/mol. The van der Waals surface area contributed by atoms with Crippen LogP contribution in [0.25, 0.3) is 0 Å². The Morgan fingerprint density at radius 1 is 1.33 bits per heavy atom. The van der Waals surface area contributed by atoms with Gasteiger partial charge in [-0.2, -0.15) is 0 Å². The molecule has 0 aromatic heterocycles. The average Bonchev–Trinajstić information content (AvgIpc) is 2.24. The van der Waals surface area contributed by atoms with Crippen LogP contribution in [0.5, 0.6) is 0 Å². The minimum atomic E-state index is -0.760. The van der Waals surface area contributed by atoms with Crippen LogP contribution in [0.15, 0.2) is 18.2 Å². The van der Waals surface area contributed by atoms with E-state index in [2.05, 4.69) is 31.4 Å². The number of carbonyl (C=O) groups is 1. The third-order valence-corrected chi connectivity index (χ3v) is 2.34. The van der Waals surface area contributed by atoms with Crippen LogP contribution in [0.1, 0.15) is 31.1 Å². The number of halogens is 1. The van der Waals surface area contributed by atoms with Crippen molar-refractivity contribution in [3.63, 3.8) is 0 Å².